The van der Waals surface area contributed by atoms with E-state index in [9.17, 15) is 18.0 Å². The highest BCUT2D eigenvalue weighted by Crippen LogP contribution is 2.01. The number of carbonyl (C=O) groups is 2. The summed E-state index contributed by atoms with van der Waals surface area (Å²) in [5.41, 5.74) is 4.85. The quantitative estimate of drug-likeness (QED) is 0.476. The summed E-state index contributed by atoms with van der Waals surface area (Å²) >= 11 is 0. The zero-order valence-electron chi connectivity index (χ0n) is 9.46. The molecule has 0 saturated carbocycles. The number of rotatable bonds is 9. The third-order valence-corrected chi connectivity index (χ3v) is 3.45. The summed E-state index contributed by atoms with van der Waals surface area (Å²) in [6.45, 7) is 0.543. The minimum absolute atomic E-state index is 0.0618. The van der Waals surface area contributed by atoms with Crippen molar-refractivity contribution < 1.29 is 27.9 Å². The molecule has 0 atom stereocenters. The lowest BCUT2D eigenvalue weighted by Gasteiger charge is -2.18. The molecule has 0 aliphatic rings. The zero-order valence-corrected chi connectivity index (χ0v) is 10.3. The maximum atomic E-state index is 11.7. The summed E-state index contributed by atoms with van der Waals surface area (Å²) in [7, 11) is -3.86. The van der Waals surface area contributed by atoms with Gasteiger partial charge in [-0.25, -0.2) is 8.42 Å². The summed E-state index contributed by atoms with van der Waals surface area (Å²) in [6, 6.07) is 0. The van der Waals surface area contributed by atoms with Gasteiger partial charge in [-0.1, -0.05) is 0 Å². The molecular weight excluding hydrogens is 252 g/mol. The molecule has 0 spiro atoms. The molecule has 0 fully saturated rings. The maximum Gasteiger partial charge on any atom is 0.318 e. The Morgan fingerprint density at radius 2 is 1.94 bits per heavy atom. The van der Waals surface area contributed by atoms with E-state index >= 15 is 0 Å². The molecule has 0 aromatic heterocycles. The fraction of sp³-hybridized carbons (Fsp3) is 0.750. The van der Waals surface area contributed by atoms with Crippen LogP contribution in [0.1, 0.15) is 6.92 Å². The maximum absolute atomic E-state index is 11.7. The van der Waals surface area contributed by atoms with Crippen LogP contribution in [0.15, 0.2) is 0 Å². The van der Waals surface area contributed by atoms with Gasteiger partial charge in [-0.3, -0.25) is 9.59 Å². The number of ether oxygens (including phenoxy) is 1. The zero-order chi connectivity index (χ0) is 13.5. The average Bonchev–Trinajstić information content (AvgIpc) is 2.15. The van der Waals surface area contributed by atoms with Crippen molar-refractivity contribution in [3.05, 3.63) is 0 Å². The van der Waals surface area contributed by atoms with E-state index < -0.39 is 35.0 Å². The molecule has 8 nitrogen and oxygen atoms in total. The molecule has 0 aliphatic carbocycles. The van der Waals surface area contributed by atoms with Crippen molar-refractivity contribution in [2.24, 2.45) is 5.73 Å². The number of amides is 1. The number of aliphatic carboxylic acids is 1. The van der Waals surface area contributed by atoms with Gasteiger partial charge in [0.25, 0.3) is 0 Å². The summed E-state index contributed by atoms with van der Waals surface area (Å²) < 4.78 is 28.7. The Morgan fingerprint density at radius 1 is 1.35 bits per heavy atom. The second-order valence-electron chi connectivity index (χ2n) is 3.14. The largest absolute Gasteiger partial charge is 0.480 e. The summed E-state index contributed by atoms with van der Waals surface area (Å²) in [5, 5.41) is 8.54. The monoisotopic (exact) mass is 268 g/mol. The Balaban J connectivity index is 4.64. The van der Waals surface area contributed by atoms with Crippen molar-refractivity contribution in [1.82, 2.24) is 4.31 Å². The standard InChI is InChI=1S/C8H16N2O6S/c1-2-16-3-4-17(14,15)10(5-7(9)11)6-8(12)13/h2-6H2,1H3,(H2,9,11)(H,12,13). The Bertz CT molecular complexity index is 350. The lowest BCUT2D eigenvalue weighted by molar-refractivity contribution is -0.137. The van der Waals surface area contributed by atoms with Gasteiger partial charge in [0.15, 0.2) is 0 Å². The van der Waals surface area contributed by atoms with Crippen LogP contribution in [0.3, 0.4) is 0 Å². The Morgan fingerprint density at radius 3 is 2.35 bits per heavy atom. The van der Waals surface area contributed by atoms with Crippen LogP contribution in [0.5, 0.6) is 0 Å². The lowest BCUT2D eigenvalue weighted by atomic mass is 10.5. The van der Waals surface area contributed by atoms with Crippen molar-refractivity contribution in [3.63, 3.8) is 0 Å². The van der Waals surface area contributed by atoms with E-state index in [0.29, 0.717) is 10.9 Å². The van der Waals surface area contributed by atoms with E-state index in [1.165, 1.54) is 0 Å². The normalized spacial score (nSPS) is 11.6. The smallest absolute Gasteiger partial charge is 0.318 e. The number of carboxylic acids is 1. The minimum Gasteiger partial charge on any atom is -0.480 e. The van der Waals surface area contributed by atoms with Crippen LogP contribution in [-0.4, -0.2) is 61.8 Å². The van der Waals surface area contributed by atoms with E-state index in [2.05, 4.69) is 0 Å². The number of hydrogen-bond donors (Lipinski definition) is 2. The van der Waals surface area contributed by atoms with Crippen molar-refractivity contribution >= 4 is 21.9 Å². The van der Waals surface area contributed by atoms with Gasteiger partial charge in [0.05, 0.1) is 18.9 Å². The first-order chi connectivity index (χ1) is 7.79. The van der Waals surface area contributed by atoms with Gasteiger partial charge in [-0.2, -0.15) is 4.31 Å². The highest BCUT2D eigenvalue weighted by molar-refractivity contribution is 7.89. The Hall–Kier alpha value is -1.19. The van der Waals surface area contributed by atoms with Crippen LogP contribution in [0.4, 0.5) is 0 Å². The molecule has 0 aliphatic heterocycles. The lowest BCUT2D eigenvalue weighted by Crippen LogP contribution is -2.43. The molecule has 3 N–H and O–H groups in total. The Labute approximate surface area is 99.4 Å². The molecule has 0 aromatic rings. The van der Waals surface area contributed by atoms with Gasteiger partial charge in [-0.15, -0.1) is 0 Å². The van der Waals surface area contributed by atoms with Crippen LogP contribution in [0.2, 0.25) is 0 Å². The highest BCUT2D eigenvalue weighted by atomic mass is 32.2. The van der Waals surface area contributed by atoms with Gasteiger partial charge in [0, 0.05) is 6.61 Å². The van der Waals surface area contributed by atoms with E-state index in [1.54, 1.807) is 6.92 Å². The van der Waals surface area contributed by atoms with Gasteiger partial charge >= 0.3 is 5.97 Å². The van der Waals surface area contributed by atoms with Gasteiger partial charge in [0.1, 0.15) is 6.54 Å². The first-order valence-corrected chi connectivity index (χ1v) is 6.46. The number of hydrogen-bond acceptors (Lipinski definition) is 5. The number of nitrogens with zero attached hydrogens (tertiary/aromatic N) is 1. The van der Waals surface area contributed by atoms with Gasteiger partial charge in [-0.05, 0) is 6.92 Å². The van der Waals surface area contributed by atoms with Crippen LogP contribution in [0, 0.1) is 0 Å². The van der Waals surface area contributed by atoms with Gasteiger partial charge < -0.3 is 15.6 Å². The molecule has 0 heterocycles. The molecule has 17 heavy (non-hydrogen) atoms. The molecule has 9 heteroatoms. The second kappa shape index (κ2) is 7.20. The topological polar surface area (TPSA) is 127 Å². The van der Waals surface area contributed by atoms with Crippen molar-refractivity contribution in [1.29, 1.82) is 0 Å². The summed E-state index contributed by atoms with van der Waals surface area (Å²) in [6.07, 6.45) is 0. The summed E-state index contributed by atoms with van der Waals surface area (Å²) in [4.78, 5) is 21.1. The number of primary amides is 1. The van der Waals surface area contributed by atoms with E-state index in [4.69, 9.17) is 15.6 Å². The first kappa shape index (κ1) is 15.8. The van der Waals surface area contributed by atoms with Crippen LogP contribution >= 0.6 is 0 Å². The summed E-state index contributed by atoms with van der Waals surface area (Å²) in [5.74, 6) is -2.65. The number of carboxylic acid groups (broad SMARTS) is 1. The average molecular weight is 268 g/mol. The Kier molecular flexibility index (Phi) is 6.69. The highest BCUT2D eigenvalue weighted by Gasteiger charge is 2.25. The minimum atomic E-state index is -3.86. The third-order valence-electron chi connectivity index (χ3n) is 1.73. The molecule has 0 bridgehead atoms. The molecule has 0 radical (unpaired) electrons. The van der Waals surface area contributed by atoms with Crippen LogP contribution in [-0.2, 0) is 24.3 Å². The van der Waals surface area contributed by atoms with Crippen LogP contribution < -0.4 is 5.73 Å². The van der Waals surface area contributed by atoms with Gasteiger partial charge in [0.2, 0.25) is 15.9 Å². The van der Waals surface area contributed by atoms with Crippen LogP contribution in [0.25, 0.3) is 0 Å². The van der Waals surface area contributed by atoms with E-state index in [0.717, 1.165) is 0 Å². The second-order valence-corrected chi connectivity index (χ2v) is 5.23. The molecule has 0 rings (SSSR count). The molecular formula is C8H16N2O6S. The number of nitrogens with two attached hydrogens (primary N) is 1. The van der Waals surface area contributed by atoms with Crippen molar-refractivity contribution in [2.45, 2.75) is 6.92 Å². The number of sulfonamides is 1. The fourth-order valence-electron chi connectivity index (χ4n) is 1.01. The third kappa shape index (κ3) is 6.87. The van der Waals surface area contributed by atoms with Crippen molar-refractivity contribution in [3.8, 4) is 0 Å². The molecule has 0 aromatic carbocycles. The molecule has 0 saturated heterocycles. The van der Waals surface area contributed by atoms with E-state index in [1.807, 2.05) is 0 Å². The predicted molar refractivity (Wildman–Crippen MR) is 58.7 cm³/mol. The fourth-order valence-corrected chi connectivity index (χ4v) is 2.23. The predicted octanol–water partition coefficient (Wildman–Crippen LogP) is -1.78. The van der Waals surface area contributed by atoms with Crippen molar-refractivity contribution in [2.75, 3.05) is 32.1 Å². The molecule has 1 amide bonds. The first-order valence-electron chi connectivity index (χ1n) is 4.85. The molecule has 0 unspecified atom stereocenters. The SMILES string of the molecule is CCOCCS(=O)(=O)N(CC(N)=O)CC(=O)O. The van der Waals surface area contributed by atoms with E-state index in [-0.39, 0.29) is 12.4 Å². The number of carbonyl (C=O) groups excluding carboxylic acids is 1. The molecule has 100 valence electrons.